The number of hydrogen-bond acceptors (Lipinski definition) is 3. The average molecular weight is 219 g/mol. The molecule has 1 aromatic carbocycles. The summed E-state index contributed by atoms with van der Waals surface area (Å²) >= 11 is 1.72. The molecule has 0 fully saturated rings. The summed E-state index contributed by atoms with van der Waals surface area (Å²) in [5.74, 6) is 0.622. The number of nitrogen functional groups attached to an aromatic ring is 1. The van der Waals surface area contributed by atoms with Crippen LogP contribution in [-0.4, -0.2) is 16.5 Å². The SMILES string of the molecule is CSc1ccc(C)c(-c2cn[nH]c2N)c1. The zero-order valence-electron chi connectivity index (χ0n) is 8.74. The van der Waals surface area contributed by atoms with E-state index in [1.165, 1.54) is 10.5 Å². The third-order valence-electron chi connectivity index (χ3n) is 2.40. The van der Waals surface area contributed by atoms with Crippen LogP contribution in [0.25, 0.3) is 11.1 Å². The summed E-state index contributed by atoms with van der Waals surface area (Å²) in [7, 11) is 0. The Morgan fingerprint density at radius 1 is 1.33 bits per heavy atom. The van der Waals surface area contributed by atoms with Crippen molar-refractivity contribution in [2.24, 2.45) is 0 Å². The van der Waals surface area contributed by atoms with Gasteiger partial charge in [0.1, 0.15) is 5.82 Å². The second-order valence-electron chi connectivity index (χ2n) is 3.38. The minimum Gasteiger partial charge on any atom is -0.384 e. The fourth-order valence-electron chi connectivity index (χ4n) is 1.53. The van der Waals surface area contributed by atoms with Gasteiger partial charge in [0.2, 0.25) is 0 Å². The normalized spacial score (nSPS) is 10.5. The van der Waals surface area contributed by atoms with Crippen molar-refractivity contribution in [3.05, 3.63) is 30.0 Å². The number of aromatic amines is 1. The Morgan fingerprint density at radius 2 is 2.13 bits per heavy atom. The zero-order chi connectivity index (χ0) is 10.8. The Bertz CT molecular complexity index is 476. The van der Waals surface area contributed by atoms with Crippen LogP contribution in [0.3, 0.4) is 0 Å². The molecular weight excluding hydrogens is 206 g/mol. The van der Waals surface area contributed by atoms with Crippen LogP contribution in [0.4, 0.5) is 5.82 Å². The molecule has 78 valence electrons. The molecule has 1 heterocycles. The van der Waals surface area contributed by atoms with Gasteiger partial charge in [0.25, 0.3) is 0 Å². The molecule has 3 N–H and O–H groups in total. The average Bonchev–Trinajstić information content (AvgIpc) is 2.65. The quantitative estimate of drug-likeness (QED) is 0.763. The van der Waals surface area contributed by atoms with Gasteiger partial charge in [0.05, 0.1) is 6.20 Å². The highest BCUT2D eigenvalue weighted by Crippen LogP contribution is 2.30. The van der Waals surface area contributed by atoms with Gasteiger partial charge in [-0.3, -0.25) is 5.10 Å². The molecule has 0 amide bonds. The first-order valence-corrected chi connectivity index (χ1v) is 5.88. The highest BCUT2D eigenvalue weighted by molar-refractivity contribution is 7.98. The van der Waals surface area contributed by atoms with Crippen molar-refractivity contribution in [3.63, 3.8) is 0 Å². The number of benzene rings is 1. The number of nitrogens with zero attached hydrogens (tertiary/aromatic N) is 1. The first-order chi connectivity index (χ1) is 7.22. The molecule has 0 bridgehead atoms. The molecule has 0 saturated carbocycles. The Kier molecular flexibility index (Phi) is 2.68. The summed E-state index contributed by atoms with van der Waals surface area (Å²) in [6.45, 7) is 2.08. The number of aryl methyl sites for hydroxylation is 1. The van der Waals surface area contributed by atoms with E-state index in [-0.39, 0.29) is 0 Å². The van der Waals surface area contributed by atoms with Gasteiger partial charge in [0, 0.05) is 10.5 Å². The maximum absolute atomic E-state index is 5.81. The van der Waals surface area contributed by atoms with Gasteiger partial charge in [-0.05, 0) is 36.4 Å². The standard InChI is InChI=1S/C11H13N3S/c1-7-3-4-8(15-2)5-9(7)10-6-13-14-11(10)12/h3-6H,1-2H3,(H3,12,13,14). The molecule has 0 radical (unpaired) electrons. The third-order valence-corrected chi connectivity index (χ3v) is 3.13. The fraction of sp³-hybridized carbons (Fsp3) is 0.182. The van der Waals surface area contributed by atoms with Crippen LogP contribution >= 0.6 is 11.8 Å². The number of anilines is 1. The van der Waals surface area contributed by atoms with Gasteiger partial charge < -0.3 is 5.73 Å². The van der Waals surface area contributed by atoms with Gasteiger partial charge in [0.15, 0.2) is 0 Å². The number of aromatic nitrogens is 2. The summed E-state index contributed by atoms with van der Waals surface area (Å²) in [5.41, 5.74) is 9.14. The number of H-pyrrole nitrogens is 1. The van der Waals surface area contributed by atoms with E-state index in [2.05, 4.69) is 41.6 Å². The highest BCUT2D eigenvalue weighted by atomic mass is 32.2. The molecule has 0 aliphatic carbocycles. The van der Waals surface area contributed by atoms with Gasteiger partial charge in [-0.1, -0.05) is 6.07 Å². The number of nitrogens with one attached hydrogen (secondary N) is 1. The van der Waals surface area contributed by atoms with E-state index in [0.717, 1.165) is 11.1 Å². The lowest BCUT2D eigenvalue weighted by Crippen LogP contribution is -1.89. The molecule has 0 atom stereocenters. The molecular formula is C11H13N3S. The van der Waals surface area contributed by atoms with E-state index in [1.807, 2.05) is 0 Å². The summed E-state index contributed by atoms with van der Waals surface area (Å²) in [4.78, 5) is 1.23. The van der Waals surface area contributed by atoms with E-state index in [4.69, 9.17) is 5.73 Å². The van der Waals surface area contributed by atoms with Gasteiger partial charge >= 0.3 is 0 Å². The summed E-state index contributed by atoms with van der Waals surface area (Å²) in [5, 5.41) is 6.69. The van der Waals surface area contributed by atoms with Gasteiger partial charge in [-0.15, -0.1) is 11.8 Å². The number of nitrogens with two attached hydrogens (primary N) is 1. The lowest BCUT2D eigenvalue weighted by molar-refractivity contribution is 1.10. The van der Waals surface area contributed by atoms with Crippen LogP contribution in [0, 0.1) is 6.92 Å². The minimum absolute atomic E-state index is 0.622. The van der Waals surface area contributed by atoms with Crippen LogP contribution in [0.1, 0.15) is 5.56 Å². The van der Waals surface area contributed by atoms with E-state index >= 15 is 0 Å². The number of thioether (sulfide) groups is 1. The number of hydrogen-bond donors (Lipinski definition) is 2. The lowest BCUT2D eigenvalue weighted by atomic mass is 10.0. The van der Waals surface area contributed by atoms with E-state index in [9.17, 15) is 0 Å². The van der Waals surface area contributed by atoms with Crippen LogP contribution < -0.4 is 5.73 Å². The minimum atomic E-state index is 0.622. The largest absolute Gasteiger partial charge is 0.384 e. The molecule has 0 spiro atoms. The Hall–Kier alpha value is -1.42. The predicted molar refractivity (Wildman–Crippen MR) is 65.0 cm³/mol. The Balaban J connectivity index is 2.56. The molecule has 1 aromatic heterocycles. The van der Waals surface area contributed by atoms with E-state index in [0.29, 0.717) is 5.82 Å². The molecule has 4 heteroatoms. The first kappa shape index (κ1) is 10.1. The third kappa shape index (κ3) is 1.85. The van der Waals surface area contributed by atoms with Crippen molar-refractivity contribution in [2.45, 2.75) is 11.8 Å². The van der Waals surface area contributed by atoms with Crippen molar-refractivity contribution in [1.82, 2.24) is 10.2 Å². The molecule has 2 aromatic rings. The smallest absolute Gasteiger partial charge is 0.126 e. The molecule has 0 aliphatic rings. The maximum Gasteiger partial charge on any atom is 0.126 e. The van der Waals surface area contributed by atoms with E-state index in [1.54, 1.807) is 18.0 Å². The summed E-state index contributed by atoms with van der Waals surface area (Å²) in [6, 6.07) is 6.36. The van der Waals surface area contributed by atoms with Crippen LogP contribution in [0.15, 0.2) is 29.3 Å². The topological polar surface area (TPSA) is 54.7 Å². The molecule has 15 heavy (non-hydrogen) atoms. The monoisotopic (exact) mass is 219 g/mol. The molecule has 2 rings (SSSR count). The van der Waals surface area contributed by atoms with Crippen LogP contribution in [0.2, 0.25) is 0 Å². The van der Waals surface area contributed by atoms with Gasteiger partial charge in [-0.25, -0.2) is 0 Å². The lowest BCUT2D eigenvalue weighted by Gasteiger charge is -2.06. The van der Waals surface area contributed by atoms with Crippen LogP contribution in [-0.2, 0) is 0 Å². The Morgan fingerprint density at radius 3 is 2.73 bits per heavy atom. The second kappa shape index (κ2) is 3.98. The Labute approximate surface area is 93.1 Å². The summed E-state index contributed by atoms with van der Waals surface area (Å²) < 4.78 is 0. The molecule has 0 unspecified atom stereocenters. The zero-order valence-corrected chi connectivity index (χ0v) is 9.56. The fourth-order valence-corrected chi connectivity index (χ4v) is 1.97. The van der Waals surface area contributed by atoms with Gasteiger partial charge in [-0.2, -0.15) is 5.10 Å². The van der Waals surface area contributed by atoms with Crippen molar-refractivity contribution in [3.8, 4) is 11.1 Å². The number of rotatable bonds is 2. The maximum atomic E-state index is 5.81. The molecule has 0 saturated heterocycles. The second-order valence-corrected chi connectivity index (χ2v) is 4.26. The van der Waals surface area contributed by atoms with Crippen molar-refractivity contribution >= 4 is 17.6 Å². The highest BCUT2D eigenvalue weighted by Gasteiger charge is 2.08. The van der Waals surface area contributed by atoms with Crippen molar-refractivity contribution < 1.29 is 0 Å². The van der Waals surface area contributed by atoms with Crippen LogP contribution in [0.5, 0.6) is 0 Å². The van der Waals surface area contributed by atoms with E-state index < -0.39 is 0 Å². The summed E-state index contributed by atoms with van der Waals surface area (Å²) in [6.07, 6.45) is 3.83. The first-order valence-electron chi connectivity index (χ1n) is 4.66. The van der Waals surface area contributed by atoms with Crippen molar-refractivity contribution in [2.75, 3.05) is 12.0 Å². The molecule has 3 nitrogen and oxygen atoms in total. The molecule has 0 aliphatic heterocycles. The predicted octanol–water partition coefficient (Wildman–Crippen LogP) is 2.69. The van der Waals surface area contributed by atoms with Crippen molar-refractivity contribution in [1.29, 1.82) is 0 Å².